The van der Waals surface area contributed by atoms with Crippen LogP contribution in [0.3, 0.4) is 0 Å². The minimum Gasteiger partial charge on any atom is -0.496 e. The molecule has 0 saturated heterocycles. The van der Waals surface area contributed by atoms with E-state index >= 15 is 0 Å². The number of hydrogen-bond acceptors (Lipinski definition) is 6. The number of fused-ring (bicyclic) bond motifs is 1. The summed E-state index contributed by atoms with van der Waals surface area (Å²) in [6.45, 7) is -0.198. The summed E-state index contributed by atoms with van der Waals surface area (Å²) < 4.78 is 16.5. The second-order valence-corrected chi connectivity index (χ2v) is 7.86. The maximum absolute atomic E-state index is 13.0. The maximum Gasteiger partial charge on any atom is 0.344 e. The molecule has 0 bridgehead atoms. The Labute approximate surface area is 200 Å². The number of benzene rings is 3. The lowest BCUT2D eigenvalue weighted by molar-refractivity contribution is 0.102. The number of rotatable bonds is 6. The first-order chi connectivity index (χ1) is 17.1. The number of carbonyl (C=O) groups is 1. The molecule has 5 aromatic rings. The van der Waals surface area contributed by atoms with E-state index in [4.69, 9.17) is 13.6 Å². The van der Waals surface area contributed by atoms with Gasteiger partial charge in [0, 0.05) is 22.7 Å². The van der Waals surface area contributed by atoms with Crippen molar-refractivity contribution >= 4 is 22.6 Å². The van der Waals surface area contributed by atoms with Crippen LogP contribution in [-0.4, -0.2) is 18.1 Å². The van der Waals surface area contributed by atoms with Crippen LogP contribution in [0.15, 0.2) is 98.6 Å². The summed E-state index contributed by atoms with van der Waals surface area (Å²) in [4.78, 5) is 25.5. The Kier molecular flexibility index (Phi) is 5.91. The van der Waals surface area contributed by atoms with Crippen molar-refractivity contribution in [2.24, 2.45) is 0 Å². The number of anilines is 1. The van der Waals surface area contributed by atoms with E-state index < -0.39 is 5.63 Å². The van der Waals surface area contributed by atoms with Gasteiger partial charge in [0.15, 0.2) is 0 Å². The molecule has 0 radical (unpaired) electrons. The van der Waals surface area contributed by atoms with E-state index in [1.165, 1.54) is 7.11 Å². The SMILES string of the molecule is COc1cc(NC(=O)c2cccc(-c3cc4ccccc4oc3=O)c2)ccc1-c1ccc(CO)o1. The van der Waals surface area contributed by atoms with Crippen LogP contribution < -0.4 is 15.7 Å². The number of methoxy groups -OCH3 is 1. The molecule has 5 rings (SSSR count). The van der Waals surface area contributed by atoms with Crippen LogP contribution in [0.2, 0.25) is 0 Å². The van der Waals surface area contributed by atoms with Crippen molar-refractivity contribution in [1.29, 1.82) is 0 Å². The third-order valence-electron chi connectivity index (χ3n) is 5.62. The number of nitrogens with one attached hydrogen (secondary N) is 1. The van der Waals surface area contributed by atoms with Crippen molar-refractivity contribution in [3.63, 3.8) is 0 Å². The van der Waals surface area contributed by atoms with Gasteiger partial charge in [-0.15, -0.1) is 0 Å². The van der Waals surface area contributed by atoms with E-state index in [9.17, 15) is 14.7 Å². The van der Waals surface area contributed by atoms with Gasteiger partial charge in [0.25, 0.3) is 5.91 Å². The molecule has 1 amide bonds. The summed E-state index contributed by atoms with van der Waals surface area (Å²) in [6.07, 6.45) is 0. The molecule has 0 aliphatic heterocycles. The molecule has 0 aliphatic carbocycles. The Morgan fingerprint density at radius 2 is 1.77 bits per heavy atom. The summed E-state index contributed by atoms with van der Waals surface area (Å²) in [5, 5.41) is 12.9. The number of carbonyl (C=O) groups excluding carboxylic acids is 1. The number of furan rings is 1. The molecule has 2 N–H and O–H groups in total. The van der Waals surface area contributed by atoms with Gasteiger partial charge < -0.3 is 24.0 Å². The van der Waals surface area contributed by atoms with E-state index in [-0.39, 0.29) is 12.5 Å². The second kappa shape index (κ2) is 9.32. The number of amides is 1. The lowest BCUT2D eigenvalue weighted by Gasteiger charge is -2.11. The average Bonchev–Trinajstić information content (AvgIpc) is 3.37. The quantitative estimate of drug-likeness (QED) is 0.321. The highest BCUT2D eigenvalue weighted by Gasteiger charge is 2.15. The summed E-state index contributed by atoms with van der Waals surface area (Å²) in [5.41, 5.74) is 2.61. The molecule has 0 atom stereocenters. The Hall–Kier alpha value is -4.62. The Morgan fingerprint density at radius 1 is 0.914 bits per heavy atom. The largest absolute Gasteiger partial charge is 0.496 e. The van der Waals surface area contributed by atoms with Gasteiger partial charge in [-0.2, -0.15) is 0 Å². The van der Waals surface area contributed by atoms with Gasteiger partial charge >= 0.3 is 5.63 Å². The lowest BCUT2D eigenvalue weighted by atomic mass is 10.0. The molecule has 0 spiro atoms. The molecule has 3 aromatic carbocycles. The summed E-state index contributed by atoms with van der Waals surface area (Å²) >= 11 is 0. The zero-order valence-electron chi connectivity index (χ0n) is 18.8. The fraction of sp³-hybridized carbons (Fsp3) is 0.0714. The number of aliphatic hydroxyl groups excluding tert-OH is 1. The smallest absolute Gasteiger partial charge is 0.344 e. The first kappa shape index (κ1) is 22.2. The summed E-state index contributed by atoms with van der Waals surface area (Å²) in [5.74, 6) is 1.15. The van der Waals surface area contributed by atoms with Gasteiger partial charge in [0.05, 0.1) is 18.2 Å². The average molecular weight is 467 g/mol. The number of hydrogen-bond donors (Lipinski definition) is 2. The summed E-state index contributed by atoms with van der Waals surface area (Å²) in [7, 11) is 1.53. The first-order valence-electron chi connectivity index (χ1n) is 10.9. The minimum absolute atomic E-state index is 0.198. The summed E-state index contributed by atoms with van der Waals surface area (Å²) in [6, 6.07) is 24.5. The molecule has 7 nitrogen and oxygen atoms in total. The molecule has 0 aliphatic rings. The third kappa shape index (κ3) is 4.45. The van der Waals surface area contributed by atoms with Crippen molar-refractivity contribution in [3.05, 3.63) is 107 Å². The fourth-order valence-corrected chi connectivity index (χ4v) is 3.87. The Bertz CT molecular complexity index is 1600. The molecule has 35 heavy (non-hydrogen) atoms. The first-order valence-corrected chi connectivity index (χ1v) is 10.9. The van der Waals surface area contributed by atoms with Crippen LogP contribution in [-0.2, 0) is 6.61 Å². The monoisotopic (exact) mass is 467 g/mol. The lowest BCUT2D eigenvalue weighted by Crippen LogP contribution is -2.12. The van der Waals surface area contributed by atoms with E-state index in [0.717, 1.165) is 5.39 Å². The van der Waals surface area contributed by atoms with Gasteiger partial charge in [-0.3, -0.25) is 4.79 Å². The standard InChI is InChI=1S/C28H21NO6/c1-33-26-15-20(9-11-22(26)25-12-10-21(16-30)34-25)29-27(31)19-7-4-6-17(13-19)23-14-18-5-2-3-8-24(18)35-28(23)32/h2-15,30H,16H2,1H3,(H,29,31). The normalized spacial score (nSPS) is 10.9. The fourth-order valence-electron chi connectivity index (χ4n) is 3.87. The van der Waals surface area contributed by atoms with Crippen molar-refractivity contribution in [3.8, 4) is 28.2 Å². The molecule has 2 aromatic heterocycles. The zero-order valence-corrected chi connectivity index (χ0v) is 18.8. The molecule has 0 saturated carbocycles. The van der Waals surface area contributed by atoms with Crippen LogP contribution in [0.5, 0.6) is 5.75 Å². The van der Waals surface area contributed by atoms with E-state index in [1.54, 1.807) is 72.8 Å². The second-order valence-electron chi connectivity index (χ2n) is 7.86. The van der Waals surface area contributed by atoms with Crippen LogP contribution >= 0.6 is 0 Å². The van der Waals surface area contributed by atoms with E-state index in [0.29, 0.717) is 50.8 Å². The molecule has 0 unspecified atom stereocenters. The van der Waals surface area contributed by atoms with Gasteiger partial charge in [0.1, 0.15) is 29.5 Å². The van der Waals surface area contributed by atoms with Crippen molar-refractivity contribution in [2.45, 2.75) is 6.61 Å². The molecule has 174 valence electrons. The van der Waals surface area contributed by atoms with Crippen molar-refractivity contribution in [2.75, 3.05) is 12.4 Å². The zero-order chi connectivity index (χ0) is 24.4. The van der Waals surface area contributed by atoms with Gasteiger partial charge in [-0.1, -0.05) is 30.3 Å². The van der Waals surface area contributed by atoms with Gasteiger partial charge in [0.2, 0.25) is 0 Å². The molecular weight excluding hydrogens is 446 g/mol. The van der Waals surface area contributed by atoms with E-state index in [1.807, 2.05) is 12.1 Å². The van der Waals surface area contributed by atoms with Crippen LogP contribution in [0.4, 0.5) is 5.69 Å². The molecule has 7 heteroatoms. The van der Waals surface area contributed by atoms with Crippen LogP contribution in [0.1, 0.15) is 16.1 Å². The third-order valence-corrected chi connectivity index (χ3v) is 5.62. The maximum atomic E-state index is 13.0. The van der Waals surface area contributed by atoms with E-state index in [2.05, 4.69) is 5.32 Å². The predicted molar refractivity (Wildman–Crippen MR) is 132 cm³/mol. The minimum atomic E-state index is -0.469. The van der Waals surface area contributed by atoms with Crippen LogP contribution in [0, 0.1) is 0 Å². The Balaban J connectivity index is 1.41. The molecule has 2 heterocycles. The van der Waals surface area contributed by atoms with Gasteiger partial charge in [-0.05, 0) is 54.1 Å². The molecule has 0 fully saturated rings. The highest BCUT2D eigenvalue weighted by Crippen LogP contribution is 2.34. The van der Waals surface area contributed by atoms with Crippen molar-refractivity contribution in [1.82, 2.24) is 0 Å². The van der Waals surface area contributed by atoms with Crippen LogP contribution in [0.25, 0.3) is 33.4 Å². The topological polar surface area (TPSA) is 102 Å². The highest BCUT2D eigenvalue weighted by atomic mass is 16.5. The predicted octanol–water partition coefficient (Wildman–Crippen LogP) is 5.47. The highest BCUT2D eigenvalue weighted by molar-refractivity contribution is 6.05. The number of aliphatic hydroxyl groups is 1. The van der Waals surface area contributed by atoms with Crippen molar-refractivity contribution < 1.29 is 23.5 Å². The molecular formula is C28H21NO6. The number of ether oxygens (including phenoxy) is 1. The number of para-hydroxylation sites is 1. The van der Waals surface area contributed by atoms with Gasteiger partial charge in [-0.25, -0.2) is 4.79 Å². The Morgan fingerprint density at radius 3 is 2.57 bits per heavy atom.